The molecule has 1 amide bonds. The highest BCUT2D eigenvalue weighted by Gasteiger charge is 2.15. The number of amides is 1. The van der Waals surface area contributed by atoms with Crippen LogP contribution in [0, 0.1) is 6.92 Å². The standard InChI is InChI=1S/C16H22BrNO2/c1-12-8-9-14(17)11-13(12)7-5-6-10-18-15(19)20-16(2,3)4/h5,7-9,11H,6,10H2,1-4H3,(H,18,19). The summed E-state index contributed by atoms with van der Waals surface area (Å²) in [6.07, 6.45) is 4.51. The van der Waals surface area contributed by atoms with Gasteiger partial charge in [-0.2, -0.15) is 0 Å². The molecule has 0 unspecified atom stereocenters. The minimum atomic E-state index is -0.451. The fraction of sp³-hybridized carbons (Fsp3) is 0.438. The molecular weight excluding hydrogens is 318 g/mol. The van der Waals surface area contributed by atoms with E-state index in [0.717, 1.165) is 10.9 Å². The molecule has 0 aromatic heterocycles. The molecule has 0 fully saturated rings. The van der Waals surface area contributed by atoms with Crippen LogP contribution in [-0.4, -0.2) is 18.2 Å². The lowest BCUT2D eigenvalue weighted by Gasteiger charge is -2.19. The number of hydrogen-bond donors (Lipinski definition) is 1. The predicted octanol–water partition coefficient (Wildman–Crippen LogP) is 4.69. The van der Waals surface area contributed by atoms with Gasteiger partial charge in [-0.15, -0.1) is 0 Å². The summed E-state index contributed by atoms with van der Waals surface area (Å²) >= 11 is 3.46. The van der Waals surface area contributed by atoms with Crippen molar-refractivity contribution in [3.63, 3.8) is 0 Å². The maximum absolute atomic E-state index is 11.4. The first kappa shape index (κ1) is 16.8. The van der Waals surface area contributed by atoms with Crippen LogP contribution in [0.5, 0.6) is 0 Å². The fourth-order valence-electron chi connectivity index (χ4n) is 1.57. The minimum absolute atomic E-state index is 0.371. The lowest BCUT2D eigenvalue weighted by Crippen LogP contribution is -2.32. The van der Waals surface area contributed by atoms with Crippen LogP contribution in [0.1, 0.15) is 38.3 Å². The van der Waals surface area contributed by atoms with Crippen LogP contribution in [0.4, 0.5) is 4.79 Å². The molecule has 0 bridgehead atoms. The zero-order valence-electron chi connectivity index (χ0n) is 12.5. The second-order valence-electron chi connectivity index (χ2n) is 5.62. The number of alkyl carbamates (subject to hydrolysis) is 1. The second-order valence-corrected chi connectivity index (χ2v) is 6.54. The van der Waals surface area contributed by atoms with Gasteiger partial charge in [0.05, 0.1) is 0 Å². The minimum Gasteiger partial charge on any atom is -0.444 e. The first-order valence-electron chi connectivity index (χ1n) is 6.67. The normalized spacial score (nSPS) is 11.7. The Balaban J connectivity index is 2.36. The predicted molar refractivity (Wildman–Crippen MR) is 86.8 cm³/mol. The molecule has 110 valence electrons. The molecule has 0 aliphatic rings. The average molecular weight is 340 g/mol. The molecule has 4 heteroatoms. The molecule has 0 atom stereocenters. The Morgan fingerprint density at radius 3 is 2.75 bits per heavy atom. The zero-order chi connectivity index (χ0) is 15.2. The number of aryl methyl sites for hydroxylation is 1. The van der Waals surface area contributed by atoms with Crippen molar-refractivity contribution in [2.75, 3.05) is 6.54 Å². The Hall–Kier alpha value is -1.29. The summed E-state index contributed by atoms with van der Waals surface area (Å²) in [5.41, 5.74) is 1.95. The number of rotatable bonds is 4. The van der Waals surface area contributed by atoms with Gasteiger partial charge in [0.15, 0.2) is 0 Å². The van der Waals surface area contributed by atoms with Crippen LogP contribution in [0.15, 0.2) is 28.7 Å². The van der Waals surface area contributed by atoms with E-state index < -0.39 is 5.60 Å². The highest BCUT2D eigenvalue weighted by Crippen LogP contribution is 2.17. The molecule has 0 radical (unpaired) electrons. The highest BCUT2D eigenvalue weighted by atomic mass is 79.9. The number of benzene rings is 1. The van der Waals surface area contributed by atoms with Crippen LogP contribution in [0.3, 0.4) is 0 Å². The van der Waals surface area contributed by atoms with E-state index in [2.05, 4.69) is 46.4 Å². The molecule has 0 saturated heterocycles. The van der Waals surface area contributed by atoms with E-state index in [1.165, 1.54) is 11.1 Å². The molecular formula is C16H22BrNO2. The van der Waals surface area contributed by atoms with Gasteiger partial charge in [0, 0.05) is 11.0 Å². The summed E-state index contributed by atoms with van der Waals surface area (Å²) < 4.78 is 6.22. The SMILES string of the molecule is Cc1ccc(Br)cc1C=CCCNC(=O)OC(C)(C)C. The third-order valence-electron chi connectivity index (χ3n) is 2.52. The average Bonchev–Trinajstić information content (AvgIpc) is 2.30. The van der Waals surface area contributed by atoms with E-state index in [0.29, 0.717) is 6.54 Å². The summed E-state index contributed by atoms with van der Waals surface area (Å²) in [6, 6.07) is 6.17. The molecule has 0 aliphatic carbocycles. The van der Waals surface area contributed by atoms with Gasteiger partial charge >= 0.3 is 6.09 Å². The molecule has 1 rings (SSSR count). The van der Waals surface area contributed by atoms with E-state index in [9.17, 15) is 4.79 Å². The lowest BCUT2D eigenvalue weighted by molar-refractivity contribution is 0.0529. The van der Waals surface area contributed by atoms with Crippen LogP contribution in [-0.2, 0) is 4.74 Å². The van der Waals surface area contributed by atoms with Gasteiger partial charge in [0.25, 0.3) is 0 Å². The largest absolute Gasteiger partial charge is 0.444 e. The van der Waals surface area contributed by atoms with Crippen molar-refractivity contribution >= 4 is 28.1 Å². The molecule has 0 heterocycles. The maximum atomic E-state index is 11.4. The van der Waals surface area contributed by atoms with Crippen molar-refractivity contribution < 1.29 is 9.53 Å². The quantitative estimate of drug-likeness (QED) is 0.808. The van der Waals surface area contributed by atoms with Crippen LogP contribution in [0.25, 0.3) is 6.08 Å². The van der Waals surface area contributed by atoms with Crippen LogP contribution in [0.2, 0.25) is 0 Å². The number of nitrogens with one attached hydrogen (secondary N) is 1. The van der Waals surface area contributed by atoms with Crippen molar-refractivity contribution in [3.05, 3.63) is 39.9 Å². The Morgan fingerprint density at radius 1 is 1.40 bits per heavy atom. The Morgan fingerprint density at radius 2 is 2.10 bits per heavy atom. The molecule has 0 spiro atoms. The third-order valence-corrected chi connectivity index (χ3v) is 3.01. The van der Waals surface area contributed by atoms with Gasteiger partial charge in [0.1, 0.15) is 5.60 Å². The summed E-state index contributed by atoms with van der Waals surface area (Å²) in [4.78, 5) is 11.4. The first-order valence-corrected chi connectivity index (χ1v) is 7.47. The van der Waals surface area contributed by atoms with Crippen LogP contribution >= 0.6 is 15.9 Å². The van der Waals surface area contributed by atoms with E-state index >= 15 is 0 Å². The van der Waals surface area contributed by atoms with E-state index in [1.807, 2.05) is 32.9 Å². The topological polar surface area (TPSA) is 38.3 Å². The Bertz CT molecular complexity index is 490. The van der Waals surface area contributed by atoms with Crippen molar-refractivity contribution in [1.29, 1.82) is 0 Å². The van der Waals surface area contributed by atoms with Crippen molar-refractivity contribution in [2.24, 2.45) is 0 Å². The summed E-state index contributed by atoms with van der Waals surface area (Å²) in [5, 5.41) is 2.73. The first-order chi connectivity index (χ1) is 9.28. The second kappa shape index (κ2) is 7.48. The number of carbonyl (C=O) groups is 1. The Kier molecular flexibility index (Phi) is 6.27. The molecule has 1 aromatic rings. The molecule has 1 aromatic carbocycles. The molecule has 0 saturated carbocycles. The van der Waals surface area contributed by atoms with Crippen molar-refractivity contribution in [1.82, 2.24) is 5.32 Å². The number of hydrogen-bond acceptors (Lipinski definition) is 2. The van der Waals surface area contributed by atoms with Gasteiger partial charge in [-0.3, -0.25) is 0 Å². The van der Waals surface area contributed by atoms with E-state index in [1.54, 1.807) is 0 Å². The maximum Gasteiger partial charge on any atom is 0.407 e. The van der Waals surface area contributed by atoms with Gasteiger partial charge in [-0.25, -0.2) is 4.79 Å². The van der Waals surface area contributed by atoms with E-state index in [4.69, 9.17) is 4.74 Å². The van der Waals surface area contributed by atoms with Crippen LogP contribution < -0.4 is 5.32 Å². The molecule has 20 heavy (non-hydrogen) atoms. The smallest absolute Gasteiger partial charge is 0.407 e. The molecule has 1 N–H and O–H groups in total. The summed E-state index contributed by atoms with van der Waals surface area (Å²) in [6.45, 7) is 8.19. The van der Waals surface area contributed by atoms with Gasteiger partial charge in [-0.05, 0) is 57.4 Å². The fourth-order valence-corrected chi connectivity index (χ4v) is 1.95. The monoisotopic (exact) mass is 339 g/mol. The summed E-state index contributed by atoms with van der Waals surface area (Å²) in [5.74, 6) is 0. The van der Waals surface area contributed by atoms with Crippen molar-refractivity contribution in [2.45, 2.75) is 39.7 Å². The van der Waals surface area contributed by atoms with Gasteiger partial charge in [0.2, 0.25) is 0 Å². The third kappa shape index (κ3) is 6.75. The highest BCUT2D eigenvalue weighted by molar-refractivity contribution is 9.10. The van der Waals surface area contributed by atoms with Gasteiger partial charge < -0.3 is 10.1 Å². The number of carbonyl (C=O) groups excluding carboxylic acids is 1. The van der Waals surface area contributed by atoms with Gasteiger partial charge in [-0.1, -0.05) is 34.1 Å². The zero-order valence-corrected chi connectivity index (χ0v) is 14.1. The molecule has 0 aliphatic heterocycles. The summed E-state index contributed by atoms with van der Waals surface area (Å²) in [7, 11) is 0. The lowest BCUT2D eigenvalue weighted by atomic mass is 10.1. The number of halogens is 1. The van der Waals surface area contributed by atoms with E-state index in [-0.39, 0.29) is 6.09 Å². The Labute approximate surface area is 129 Å². The number of ether oxygens (including phenoxy) is 1. The van der Waals surface area contributed by atoms with Crippen molar-refractivity contribution in [3.8, 4) is 0 Å². The molecule has 3 nitrogen and oxygen atoms in total.